The summed E-state index contributed by atoms with van der Waals surface area (Å²) in [4.78, 5) is 0. The fourth-order valence-electron chi connectivity index (χ4n) is 4.48. The largest absolute Gasteiger partial charge is 0.508 e. The lowest BCUT2D eigenvalue weighted by molar-refractivity contribution is -0.936. The standard InChI is InChI=1S/C28H35NO2/c1-21(25-19-29(3,4)20-25)12-13-22(2)28(24-14-16-26(31)17-15-24)27(11-8-18-30)23-9-6-5-7-10-23/h5-7,9-10,12-17,25,30H,8,11,18-20H2,1-4H3/p+1/b21-12+,22-13+,28-27+. The predicted octanol–water partition coefficient (Wildman–Crippen LogP) is 5.67. The quantitative estimate of drug-likeness (QED) is 0.329. The van der Waals surface area contributed by atoms with E-state index in [-0.39, 0.29) is 12.4 Å². The zero-order valence-electron chi connectivity index (χ0n) is 19.3. The maximum Gasteiger partial charge on any atom is 0.115 e. The molecule has 3 heteroatoms. The minimum atomic E-state index is 0.163. The van der Waals surface area contributed by atoms with E-state index < -0.39 is 0 Å². The molecule has 0 aromatic heterocycles. The number of hydrogen-bond donors (Lipinski definition) is 2. The van der Waals surface area contributed by atoms with Gasteiger partial charge in [-0.15, -0.1) is 0 Å². The van der Waals surface area contributed by atoms with Crippen LogP contribution in [0.2, 0.25) is 0 Å². The van der Waals surface area contributed by atoms with Crippen molar-refractivity contribution in [1.82, 2.24) is 0 Å². The van der Waals surface area contributed by atoms with Crippen molar-refractivity contribution in [1.29, 1.82) is 0 Å². The molecule has 2 aromatic rings. The first-order chi connectivity index (χ1) is 14.8. The molecule has 0 bridgehead atoms. The van der Waals surface area contributed by atoms with Crippen LogP contribution >= 0.6 is 0 Å². The Morgan fingerprint density at radius 1 is 0.935 bits per heavy atom. The highest BCUT2D eigenvalue weighted by atomic mass is 16.3. The van der Waals surface area contributed by atoms with E-state index in [0.29, 0.717) is 12.3 Å². The molecule has 0 unspecified atom stereocenters. The highest BCUT2D eigenvalue weighted by molar-refractivity contribution is 5.98. The van der Waals surface area contributed by atoms with Gasteiger partial charge in [0.05, 0.1) is 33.1 Å². The van der Waals surface area contributed by atoms with Crippen molar-refractivity contribution in [2.75, 3.05) is 33.8 Å². The third kappa shape index (κ3) is 5.96. The van der Waals surface area contributed by atoms with Gasteiger partial charge in [0.2, 0.25) is 0 Å². The summed E-state index contributed by atoms with van der Waals surface area (Å²) in [6.07, 6.45) is 6.01. The lowest BCUT2D eigenvalue weighted by Gasteiger charge is -2.45. The lowest BCUT2D eigenvalue weighted by atomic mass is 9.86. The van der Waals surface area contributed by atoms with E-state index >= 15 is 0 Å². The average Bonchev–Trinajstić information content (AvgIpc) is 2.74. The van der Waals surface area contributed by atoms with Crippen molar-refractivity contribution in [2.24, 2.45) is 5.92 Å². The number of allylic oxidation sites excluding steroid dienone is 5. The van der Waals surface area contributed by atoms with Crippen LogP contribution in [0.5, 0.6) is 5.75 Å². The summed E-state index contributed by atoms with van der Waals surface area (Å²) in [6, 6.07) is 17.9. The molecule has 164 valence electrons. The molecule has 1 aliphatic heterocycles. The van der Waals surface area contributed by atoms with E-state index in [2.05, 4.69) is 64.4 Å². The number of likely N-dealkylation sites (tertiary alicyclic amines) is 1. The monoisotopic (exact) mass is 418 g/mol. The SMILES string of the molecule is CC(=C\C=C(/C)C1C[N+](C)(C)C1)/C(=C(/CCCO)c1ccccc1)c1ccc(O)cc1. The number of aliphatic hydroxyl groups excluding tert-OH is 1. The molecular formula is C28H36NO2+. The van der Waals surface area contributed by atoms with Crippen molar-refractivity contribution in [3.05, 3.63) is 89.0 Å². The number of benzene rings is 2. The topological polar surface area (TPSA) is 40.5 Å². The maximum atomic E-state index is 9.81. The first-order valence-corrected chi connectivity index (χ1v) is 11.2. The summed E-state index contributed by atoms with van der Waals surface area (Å²) in [5.74, 6) is 0.922. The second-order valence-corrected chi connectivity index (χ2v) is 9.35. The molecule has 1 heterocycles. The number of hydrogen-bond acceptors (Lipinski definition) is 2. The number of aliphatic hydroxyl groups is 1. The van der Waals surface area contributed by atoms with E-state index in [1.165, 1.54) is 40.9 Å². The molecule has 0 amide bonds. The maximum absolute atomic E-state index is 9.81. The molecule has 2 aromatic carbocycles. The average molecular weight is 419 g/mol. The van der Waals surface area contributed by atoms with Crippen LogP contribution in [0.4, 0.5) is 0 Å². The molecule has 3 nitrogen and oxygen atoms in total. The fourth-order valence-corrected chi connectivity index (χ4v) is 4.48. The van der Waals surface area contributed by atoms with Crippen molar-refractivity contribution in [3.63, 3.8) is 0 Å². The Hall–Kier alpha value is -2.62. The van der Waals surface area contributed by atoms with Gasteiger partial charge in [-0.2, -0.15) is 0 Å². The molecule has 1 aliphatic rings. The van der Waals surface area contributed by atoms with Crippen LogP contribution in [-0.2, 0) is 0 Å². The summed E-state index contributed by atoms with van der Waals surface area (Å²) < 4.78 is 1.09. The first kappa shape index (κ1) is 23.1. The van der Waals surface area contributed by atoms with E-state index in [9.17, 15) is 10.2 Å². The summed E-state index contributed by atoms with van der Waals surface area (Å²) in [5.41, 5.74) is 7.27. The minimum absolute atomic E-state index is 0.163. The van der Waals surface area contributed by atoms with Gasteiger partial charge in [0.1, 0.15) is 5.75 Å². The van der Waals surface area contributed by atoms with E-state index in [4.69, 9.17) is 0 Å². The van der Waals surface area contributed by atoms with E-state index in [0.717, 1.165) is 16.5 Å². The van der Waals surface area contributed by atoms with Gasteiger partial charge in [0.15, 0.2) is 0 Å². The van der Waals surface area contributed by atoms with Crippen LogP contribution in [0.25, 0.3) is 11.1 Å². The summed E-state index contributed by atoms with van der Waals surface area (Å²) in [5, 5.41) is 19.3. The van der Waals surface area contributed by atoms with Gasteiger partial charge in [-0.1, -0.05) is 60.2 Å². The highest BCUT2D eigenvalue weighted by Gasteiger charge is 2.37. The highest BCUT2D eigenvalue weighted by Crippen LogP contribution is 2.36. The molecule has 0 radical (unpaired) electrons. The number of aromatic hydroxyl groups is 1. The molecule has 0 saturated carbocycles. The van der Waals surface area contributed by atoms with Crippen molar-refractivity contribution >= 4 is 11.1 Å². The Kier molecular flexibility index (Phi) is 7.53. The number of nitrogens with zero attached hydrogens (tertiary/aromatic N) is 1. The second-order valence-electron chi connectivity index (χ2n) is 9.35. The molecule has 0 spiro atoms. The molecular weight excluding hydrogens is 382 g/mol. The van der Waals surface area contributed by atoms with Crippen molar-refractivity contribution < 1.29 is 14.7 Å². The number of phenolic OH excluding ortho intramolecular Hbond substituents is 1. The number of quaternary nitrogens is 1. The van der Waals surface area contributed by atoms with Crippen LogP contribution in [0.15, 0.2) is 77.9 Å². The van der Waals surface area contributed by atoms with Gasteiger partial charge >= 0.3 is 0 Å². The zero-order valence-corrected chi connectivity index (χ0v) is 19.3. The summed E-state index contributed by atoms with van der Waals surface area (Å²) in [7, 11) is 4.56. The molecule has 1 fully saturated rings. The van der Waals surface area contributed by atoms with Crippen LogP contribution in [0.1, 0.15) is 37.8 Å². The Bertz CT molecular complexity index is 958. The molecule has 0 atom stereocenters. The van der Waals surface area contributed by atoms with Gasteiger partial charge in [-0.05, 0) is 66.7 Å². The molecule has 3 rings (SSSR count). The number of phenols is 1. The smallest absolute Gasteiger partial charge is 0.115 e. The Morgan fingerprint density at radius 2 is 1.58 bits per heavy atom. The Balaban J connectivity index is 2.06. The number of rotatable bonds is 8. The summed E-state index contributed by atoms with van der Waals surface area (Å²) in [6.45, 7) is 6.95. The fraction of sp³-hybridized carbons (Fsp3) is 0.357. The van der Waals surface area contributed by atoms with Gasteiger partial charge in [0.25, 0.3) is 0 Å². The Morgan fingerprint density at radius 3 is 2.16 bits per heavy atom. The minimum Gasteiger partial charge on any atom is -0.508 e. The van der Waals surface area contributed by atoms with Gasteiger partial charge in [0, 0.05) is 6.61 Å². The molecule has 31 heavy (non-hydrogen) atoms. The second kappa shape index (κ2) is 10.1. The van der Waals surface area contributed by atoms with E-state index in [1.807, 2.05) is 18.2 Å². The molecule has 0 aliphatic carbocycles. The van der Waals surface area contributed by atoms with Crippen molar-refractivity contribution in [3.8, 4) is 5.75 Å². The van der Waals surface area contributed by atoms with Gasteiger partial charge in [-0.3, -0.25) is 0 Å². The van der Waals surface area contributed by atoms with Crippen LogP contribution in [-0.4, -0.2) is 48.5 Å². The van der Waals surface area contributed by atoms with Crippen LogP contribution in [0, 0.1) is 5.92 Å². The van der Waals surface area contributed by atoms with Crippen LogP contribution < -0.4 is 0 Å². The van der Waals surface area contributed by atoms with Crippen molar-refractivity contribution in [2.45, 2.75) is 26.7 Å². The third-order valence-corrected chi connectivity index (χ3v) is 6.23. The lowest BCUT2D eigenvalue weighted by Crippen LogP contribution is -2.58. The van der Waals surface area contributed by atoms with Gasteiger partial charge in [-0.25, -0.2) is 0 Å². The molecule has 2 N–H and O–H groups in total. The van der Waals surface area contributed by atoms with Gasteiger partial charge < -0.3 is 14.7 Å². The normalized spacial score (nSPS) is 17.8. The summed E-state index contributed by atoms with van der Waals surface area (Å²) >= 11 is 0. The third-order valence-electron chi connectivity index (χ3n) is 6.23. The predicted molar refractivity (Wildman–Crippen MR) is 131 cm³/mol. The Labute approximate surface area is 187 Å². The van der Waals surface area contributed by atoms with E-state index in [1.54, 1.807) is 12.1 Å². The van der Waals surface area contributed by atoms with Crippen LogP contribution in [0.3, 0.4) is 0 Å². The first-order valence-electron chi connectivity index (χ1n) is 11.2. The zero-order chi connectivity index (χ0) is 22.4. The molecule has 1 saturated heterocycles.